The first-order chi connectivity index (χ1) is 10.2. The molecule has 0 fully saturated rings. The summed E-state index contributed by atoms with van der Waals surface area (Å²) >= 11 is 0. The number of para-hydroxylation sites is 1. The lowest BCUT2D eigenvalue weighted by molar-refractivity contribution is 0.298. The third kappa shape index (κ3) is 3.38. The predicted molar refractivity (Wildman–Crippen MR) is 81.3 cm³/mol. The van der Waals surface area contributed by atoms with E-state index >= 15 is 0 Å². The molecule has 5 nitrogen and oxygen atoms in total. The van der Waals surface area contributed by atoms with E-state index in [9.17, 15) is 0 Å². The lowest BCUT2D eigenvalue weighted by Gasteiger charge is -2.15. The van der Waals surface area contributed by atoms with Crippen molar-refractivity contribution in [1.29, 1.82) is 0 Å². The minimum absolute atomic E-state index is 0.0573. The van der Waals surface area contributed by atoms with Crippen molar-refractivity contribution >= 4 is 5.69 Å². The van der Waals surface area contributed by atoms with Gasteiger partial charge >= 0.3 is 0 Å². The lowest BCUT2D eigenvalue weighted by atomic mass is 10.1. The maximum Gasteiger partial charge on any atom is 0.164 e. The topological polar surface area (TPSA) is 73.9 Å². The highest BCUT2D eigenvalue weighted by atomic mass is 16.5. The summed E-state index contributed by atoms with van der Waals surface area (Å²) < 4.78 is 16.3. The Hall–Kier alpha value is -2.40. The van der Waals surface area contributed by atoms with E-state index in [0.29, 0.717) is 35.1 Å². The van der Waals surface area contributed by atoms with Gasteiger partial charge in [0.1, 0.15) is 5.75 Å². The van der Waals surface area contributed by atoms with Crippen molar-refractivity contribution < 1.29 is 19.3 Å². The standard InChI is InChI=1S/C16H19NO4/c1-19-15-9-12(17)14(10-16(15)20-2)21-13-6-4-3-5-11(13)7-8-18/h3-6,9-10,18H,7-8,17H2,1-2H3. The maximum atomic E-state index is 9.10. The first-order valence-electron chi connectivity index (χ1n) is 6.57. The van der Waals surface area contributed by atoms with Crippen LogP contribution in [0.1, 0.15) is 5.56 Å². The van der Waals surface area contributed by atoms with Crippen LogP contribution in [-0.4, -0.2) is 25.9 Å². The second kappa shape index (κ2) is 6.85. The summed E-state index contributed by atoms with van der Waals surface area (Å²) in [5.41, 5.74) is 7.34. The van der Waals surface area contributed by atoms with Crippen molar-refractivity contribution in [2.45, 2.75) is 6.42 Å². The summed E-state index contributed by atoms with van der Waals surface area (Å²) in [5.74, 6) is 2.23. The summed E-state index contributed by atoms with van der Waals surface area (Å²) in [6.07, 6.45) is 0.517. The van der Waals surface area contributed by atoms with E-state index in [4.69, 9.17) is 25.1 Å². The number of hydrogen-bond donors (Lipinski definition) is 2. The molecular formula is C16H19NO4. The summed E-state index contributed by atoms with van der Waals surface area (Å²) in [4.78, 5) is 0. The van der Waals surface area contributed by atoms with Gasteiger partial charge < -0.3 is 25.1 Å². The van der Waals surface area contributed by atoms with Crippen molar-refractivity contribution in [2.75, 3.05) is 26.6 Å². The molecule has 0 aromatic heterocycles. The summed E-state index contributed by atoms with van der Waals surface area (Å²) in [5, 5.41) is 9.10. The molecule has 0 spiro atoms. The average Bonchev–Trinajstić information content (AvgIpc) is 2.51. The van der Waals surface area contributed by atoms with Crippen LogP contribution in [0, 0.1) is 0 Å². The third-order valence-corrected chi connectivity index (χ3v) is 3.09. The van der Waals surface area contributed by atoms with Crippen LogP contribution in [0.4, 0.5) is 5.69 Å². The first kappa shape index (κ1) is 15.0. The monoisotopic (exact) mass is 289 g/mol. The second-order valence-electron chi connectivity index (χ2n) is 4.43. The molecule has 0 aliphatic carbocycles. The lowest BCUT2D eigenvalue weighted by Crippen LogP contribution is -1.99. The Bertz CT molecular complexity index is 613. The fourth-order valence-electron chi connectivity index (χ4n) is 2.01. The van der Waals surface area contributed by atoms with Crippen molar-refractivity contribution in [3.05, 3.63) is 42.0 Å². The molecule has 0 radical (unpaired) electrons. The Kier molecular flexibility index (Phi) is 4.90. The van der Waals surface area contributed by atoms with E-state index in [1.54, 1.807) is 26.4 Å². The van der Waals surface area contributed by atoms with Crippen LogP contribution in [0.3, 0.4) is 0 Å². The zero-order chi connectivity index (χ0) is 15.2. The fraction of sp³-hybridized carbons (Fsp3) is 0.250. The van der Waals surface area contributed by atoms with Gasteiger partial charge in [-0.25, -0.2) is 0 Å². The van der Waals surface area contributed by atoms with E-state index < -0.39 is 0 Å². The zero-order valence-electron chi connectivity index (χ0n) is 12.1. The maximum absolute atomic E-state index is 9.10. The minimum Gasteiger partial charge on any atom is -0.493 e. The Morgan fingerprint density at radius 1 is 0.952 bits per heavy atom. The highest BCUT2D eigenvalue weighted by Crippen LogP contribution is 2.38. The van der Waals surface area contributed by atoms with Crippen LogP contribution in [0.25, 0.3) is 0 Å². The molecule has 0 aliphatic heterocycles. The number of aliphatic hydroxyl groups excluding tert-OH is 1. The van der Waals surface area contributed by atoms with Crippen molar-refractivity contribution in [1.82, 2.24) is 0 Å². The van der Waals surface area contributed by atoms with Crippen molar-refractivity contribution in [3.8, 4) is 23.0 Å². The highest BCUT2D eigenvalue weighted by molar-refractivity contribution is 5.63. The molecule has 0 heterocycles. The van der Waals surface area contributed by atoms with Gasteiger partial charge in [-0.1, -0.05) is 18.2 Å². The number of benzene rings is 2. The molecule has 0 unspecified atom stereocenters. The number of rotatable bonds is 6. The number of nitrogen functional groups attached to an aromatic ring is 1. The van der Waals surface area contributed by atoms with Crippen LogP contribution in [-0.2, 0) is 6.42 Å². The Balaban J connectivity index is 2.35. The van der Waals surface area contributed by atoms with Gasteiger partial charge in [0.05, 0.1) is 19.9 Å². The molecule has 0 saturated carbocycles. The minimum atomic E-state index is 0.0573. The molecule has 0 saturated heterocycles. The summed E-state index contributed by atoms with van der Waals surface area (Å²) in [6, 6.07) is 10.8. The number of ether oxygens (including phenoxy) is 3. The van der Waals surface area contributed by atoms with E-state index in [2.05, 4.69) is 0 Å². The molecular weight excluding hydrogens is 270 g/mol. The molecule has 2 aromatic carbocycles. The zero-order valence-corrected chi connectivity index (χ0v) is 12.1. The van der Waals surface area contributed by atoms with E-state index in [-0.39, 0.29) is 6.61 Å². The second-order valence-corrected chi connectivity index (χ2v) is 4.43. The van der Waals surface area contributed by atoms with Crippen LogP contribution in [0.2, 0.25) is 0 Å². The molecule has 5 heteroatoms. The third-order valence-electron chi connectivity index (χ3n) is 3.09. The van der Waals surface area contributed by atoms with Gasteiger partial charge in [-0.2, -0.15) is 0 Å². The Morgan fingerprint density at radius 3 is 2.29 bits per heavy atom. The van der Waals surface area contributed by atoms with Gasteiger partial charge in [0.25, 0.3) is 0 Å². The molecule has 112 valence electrons. The van der Waals surface area contributed by atoms with Crippen molar-refractivity contribution in [3.63, 3.8) is 0 Å². The number of nitrogens with two attached hydrogens (primary N) is 1. The smallest absolute Gasteiger partial charge is 0.164 e. The molecule has 0 amide bonds. The molecule has 0 aliphatic rings. The van der Waals surface area contributed by atoms with E-state index in [0.717, 1.165) is 5.56 Å². The van der Waals surface area contributed by atoms with Gasteiger partial charge in [-0.3, -0.25) is 0 Å². The molecule has 3 N–H and O–H groups in total. The SMILES string of the molecule is COc1cc(N)c(Oc2ccccc2CCO)cc1OC. The highest BCUT2D eigenvalue weighted by Gasteiger charge is 2.12. The van der Waals surface area contributed by atoms with Gasteiger partial charge in [0, 0.05) is 18.7 Å². The van der Waals surface area contributed by atoms with Gasteiger partial charge in [-0.05, 0) is 18.1 Å². The molecule has 21 heavy (non-hydrogen) atoms. The molecule has 2 aromatic rings. The largest absolute Gasteiger partial charge is 0.493 e. The predicted octanol–water partition coefficient (Wildman–Crippen LogP) is 2.61. The summed E-state index contributed by atoms with van der Waals surface area (Å²) in [7, 11) is 3.10. The van der Waals surface area contributed by atoms with E-state index in [1.165, 1.54) is 0 Å². The van der Waals surface area contributed by atoms with Gasteiger partial charge in [0.15, 0.2) is 17.2 Å². The Labute approximate surface area is 123 Å². The number of anilines is 1. The van der Waals surface area contributed by atoms with Gasteiger partial charge in [0.2, 0.25) is 0 Å². The normalized spacial score (nSPS) is 10.2. The number of aliphatic hydroxyl groups is 1. The first-order valence-corrected chi connectivity index (χ1v) is 6.57. The van der Waals surface area contributed by atoms with Crippen LogP contribution in [0.5, 0.6) is 23.0 Å². The van der Waals surface area contributed by atoms with Crippen LogP contribution in [0.15, 0.2) is 36.4 Å². The van der Waals surface area contributed by atoms with Crippen molar-refractivity contribution in [2.24, 2.45) is 0 Å². The molecule has 0 bridgehead atoms. The van der Waals surface area contributed by atoms with Gasteiger partial charge in [-0.15, -0.1) is 0 Å². The summed E-state index contributed by atoms with van der Waals surface area (Å²) in [6.45, 7) is 0.0573. The Morgan fingerprint density at radius 2 is 1.62 bits per heavy atom. The molecule has 0 atom stereocenters. The number of methoxy groups -OCH3 is 2. The van der Waals surface area contributed by atoms with Crippen LogP contribution >= 0.6 is 0 Å². The van der Waals surface area contributed by atoms with E-state index in [1.807, 2.05) is 24.3 Å². The molecule has 2 rings (SSSR count). The quantitative estimate of drug-likeness (QED) is 0.800. The fourth-order valence-corrected chi connectivity index (χ4v) is 2.01. The van der Waals surface area contributed by atoms with Crippen LogP contribution < -0.4 is 19.9 Å². The number of hydrogen-bond acceptors (Lipinski definition) is 5. The average molecular weight is 289 g/mol.